The molecular weight excluding hydrogens is 383 g/mol. The summed E-state index contributed by atoms with van der Waals surface area (Å²) in [6.45, 7) is 1.86. The lowest BCUT2D eigenvalue weighted by molar-refractivity contribution is -0.112. The third-order valence-electron chi connectivity index (χ3n) is 3.82. The normalized spacial score (nSPS) is 11.1. The number of hydrogen-bond donors (Lipinski definition) is 1. The van der Waals surface area contributed by atoms with Crippen LogP contribution in [-0.2, 0) is 4.79 Å². The Hall–Kier alpha value is -3.00. The van der Waals surface area contributed by atoms with Crippen molar-refractivity contribution in [2.45, 2.75) is 6.92 Å². The van der Waals surface area contributed by atoms with E-state index in [1.54, 1.807) is 42.5 Å². The molecule has 0 spiro atoms. The second-order valence-corrected chi connectivity index (χ2v) is 6.64. The standard InChI is InChI=1S/C21H14Cl2N2O2/c1-13-5-6-17(11-19(13)23)25-21(26)15(12-24)10-18-7-8-20(27-18)14-3-2-4-16(22)9-14/h2-11H,1H3,(H,25,26)/b15-10-. The molecule has 0 aliphatic carbocycles. The Morgan fingerprint density at radius 2 is 1.96 bits per heavy atom. The average molecular weight is 397 g/mol. The third-order valence-corrected chi connectivity index (χ3v) is 4.46. The molecule has 1 heterocycles. The molecule has 0 fully saturated rings. The number of carbonyl (C=O) groups is 1. The number of amides is 1. The predicted molar refractivity (Wildman–Crippen MR) is 108 cm³/mol. The van der Waals surface area contributed by atoms with E-state index in [1.807, 2.05) is 25.1 Å². The number of halogens is 2. The number of benzene rings is 2. The van der Waals surface area contributed by atoms with E-state index < -0.39 is 5.91 Å². The molecule has 0 atom stereocenters. The number of nitrogens with zero attached hydrogens (tertiary/aromatic N) is 1. The lowest BCUT2D eigenvalue weighted by atomic mass is 10.2. The zero-order valence-corrected chi connectivity index (χ0v) is 15.8. The maximum atomic E-state index is 12.4. The fourth-order valence-electron chi connectivity index (χ4n) is 2.39. The molecule has 1 aromatic heterocycles. The van der Waals surface area contributed by atoms with Gasteiger partial charge in [0.15, 0.2) is 0 Å². The van der Waals surface area contributed by atoms with E-state index in [4.69, 9.17) is 27.6 Å². The van der Waals surface area contributed by atoms with E-state index in [2.05, 4.69) is 5.32 Å². The van der Waals surface area contributed by atoms with Crippen LogP contribution in [0, 0.1) is 18.3 Å². The predicted octanol–water partition coefficient (Wildman–Crippen LogP) is 6.11. The topological polar surface area (TPSA) is 66.0 Å². The van der Waals surface area contributed by atoms with Crippen LogP contribution in [0.2, 0.25) is 10.0 Å². The molecule has 1 N–H and O–H groups in total. The van der Waals surface area contributed by atoms with Gasteiger partial charge in [0.2, 0.25) is 0 Å². The second kappa shape index (κ2) is 8.13. The zero-order chi connectivity index (χ0) is 19.4. The number of nitrogens with one attached hydrogen (secondary N) is 1. The van der Waals surface area contributed by atoms with Gasteiger partial charge in [0.25, 0.3) is 5.91 Å². The van der Waals surface area contributed by atoms with Gasteiger partial charge >= 0.3 is 0 Å². The summed E-state index contributed by atoms with van der Waals surface area (Å²) in [5.74, 6) is 0.434. The van der Waals surface area contributed by atoms with Crippen molar-refractivity contribution in [1.29, 1.82) is 5.26 Å². The first kappa shape index (κ1) is 18.8. The van der Waals surface area contributed by atoms with Gasteiger partial charge < -0.3 is 9.73 Å². The molecule has 0 unspecified atom stereocenters. The Morgan fingerprint density at radius 3 is 2.67 bits per heavy atom. The molecule has 0 bridgehead atoms. The number of hydrogen-bond acceptors (Lipinski definition) is 3. The molecule has 0 radical (unpaired) electrons. The van der Waals surface area contributed by atoms with Gasteiger partial charge in [-0.15, -0.1) is 0 Å². The highest BCUT2D eigenvalue weighted by Gasteiger charge is 2.12. The van der Waals surface area contributed by atoms with Gasteiger partial charge in [-0.05, 0) is 48.9 Å². The summed E-state index contributed by atoms with van der Waals surface area (Å²) in [6.07, 6.45) is 1.39. The van der Waals surface area contributed by atoms with Crippen LogP contribution in [0.15, 0.2) is 64.6 Å². The van der Waals surface area contributed by atoms with Crippen LogP contribution in [0.25, 0.3) is 17.4 Å². The molecule has 3 aromatic rings. The van der Waals surface area contributed by atoms with Gasteiger partial charge in [-0.2, -0.15) is 5.26 Å². The largest absolute Gasteiger partial charge is 0.457 e. The van der Waals surface area contributed by atoms with Crippen molar-refractivity contribution in [2.24, 2.45) is 0 Å². The Balaban J connectivity index is 1.81. The number of furan rings is 1. The minimum absolute atomic E-state index is 0.0845. The summed E-state index contributed by atoms with van der Waals surface area (Å²) in [6, 6.07) is 17.7. The van der Waals surface area contributed by atoms with Crippen molar-refractivity contribution in [3.63, 3.8) is 0 Å². The first-order chi connectivity index (χ1) is 13.0. The van der Waals surface area contributed by atoms with E-state index in [9.17, 15) is 10.1 Å². The van der Waals surface area contributed by atoms with Crippen LogP contribution in [0.4, 0.5) is 5.69 Å². The monoisotopic (exact) mass is 396 g/mol. The lowest BCUT2D eigenvalue weighted by Gasteiger charge is -2.06. The lowest BCUT2D eigenvalue weighted by Crippen LogP contribution is -2.13. The molecule has 134 valence electrons. The van der Waals surface area contributed by atoms with Gasteiger partial charge in [0, 0.05) is 27.4 Å². The first-order valence-corrected chi connectivity index (χ1v) is 8.77. The summed E-state index contributed by atoms with van der Waals surface area (Å²) in [7, 11) is 0. The van der Waals surface area contributed by atoms with Gasteiger partial charge in [-0.3, -0.25) is 4.79 Å². The van der Waals surface area contributed by atoms with Crippen molar-refractivity contribution >= 4 is 40.9 Å². The van der Waals surface area contributed by atoms with E-state index in [1.165, 1.54) is 6.08 Å². The molecule has 0 saturated carbocycles. The van der Waals surface area contributed by atoms with Crippen LogP contribution in [0.3, 0.4) is 0 Å². The smallest absolute Gasteiger partial charge is 0.266 e. The minimum Gasteiger partial charge on any atom is -0.457 e. The fraction of sp³-hybridized carbons (Fsp3) is 0.0476. The Kier molecular flexibility index (Phi) is 5.66. The number of anilines is 1. The van der Waals surface area contributed by atoms with Crippen LogP contribution in [0.5, 0.6) is 0 Å². The van der Waals surface area contributed by atoms with Gasteiger partial charge in [-0.1, -0.05) is 41.4 Å². The quantitative estimate of drug-likeness (QED) is 0.427. The molecule has 4 nitrogen and oxygen atoms in total. The first-order valence-electron chi connectivity index (χ1n) is 8.01. The van der Waals surface area contributed by atoms with E-state index in [0.29, 0.717) is 27.3 Å². The maximum absolute atomic E-state index is 12.4. The van der Waals surface area contributed by atoms with Crippen LogP contribution in [0.1, 0.15) is 11.3 Å². The molecule has 3 rings (SSSR count). The fourth-order valence-corrected chi connectivity index (χ4v) is 2.76. The van der Waals surface area contributed by atoms with Gasteiger partial charge in [-0.25, -0.2) is 0 Å². The summed E-state index contributed by atoms with van der Waals surface area (Å²) in [4.78, 5) is 12.4. The van der Waals surface area contributed by atoms with Crippen molar-refractivity contribution in [3.05, 3.63) is 81.5 Å². The van der Waals surface area contributed by atoms with Crippen molar-refractivity contribution in [3.8, 4) is 17.4 Å². The molecular formula is C21H14Cl2N2O2. The number of aryl methyl sites for hydroxylation is 1. The Morgan fingerprint density at radius 1 is 1.15 bits per heavy atom. The average Bonchev–Trinajstić information content (AvgIpc) is 3.11. The third kappa shape index (κ3) is 4.59. The van der Waals surface area contributed by atoms with Crippen molar-refractivity contribution in [2.75, 3.05) is 5.32 Å². The van der Waals surface area contributed by atoms with Crippen LogP contribution in [-0.4, -0.2) is 5.91 Å². The highest BCUT2D eigenvalue weighted by atomic mass is 35.5. The van der Waals surface area contributed by atoms with Crippen LogP contribution >= 0.6 is 23.2 Å². The van der Waals surface area contributed by atoms with Crippen molar-refractivity contribution in [1.82, 2.24) is 0 Å². The Labute approximate surface area is 166 Å². The molecule has 27 heavy (non-hydrogen) atoms. The number of carbonyl (C=O) groups excluding carboxylic acids is 1. The summed E-state index contributed by atoms with van der Waals surface area (Å²) >= 11 is 12.0. The summed E-state index contributed by atoms with van der Waals surface area (Å²) in [5.41, 5.74) is 2.13. The molecule has 1 amide bonds. The minimum atomic E-state index is -0.543. The SMILES string of the molecule is Cc1ccc(NC(=O)/C(C#N)=C\c2ccc(-c3cccc(Cl)c3)o2)cc1Cl. The molecule has 2 aromatic carbocycles. The molecule has 0 aliphatic heterocycles. The van der Waals surface area contributed by atoms with E-state index >= 15 is 0 Å². The zero-order valence-electron chi connectivity index (χ0n) is 14.3. The molecule has 0 saturated heterocycles. The number of rotatable bonds is 4. The Bertz CT molecular complexity index is 1080. The van der Waals surface area contributed by atoms with Gasteiger partial charge in [0.1, 0.15) is 23.2 Å². The van der Waals surface area contributed by atoms with Gasteiger partial charge in [0.05, 0.1) is 0 Å². The van der Waals surface area contributed by atoms with Crippen molar-refractivity contribution < 1.29 is 9.21 Å². The van der Waals surface area contributed by atoms with E-state index in [0.717, 1.165) is 11.1 Å². The maximum Gasteiger partial charge on any atom is 0.266 e. The summed E-state index contributed by atoms with van der Waals surface area (Å²) in [5, 5.41) is 13.1. The van der Waals surface area contributed by atoms with Crippen LogP contribution < -0.4 is 5.32 Å². The highest BCUT2D eigenvalue weighted by molar-refractivity contribution is 6.31. The van der Waals surface area contributed by atoms with E-state index in [-0.39, 0.29) is 5.57 Å². The molecule has 6 heteroatoms. The number of nitriles is 1. The highest BCUT2D eigenvalue weighted by Crippen LogP contribution is 2.26. The molecule has 0 aliphatic rings. The second-order valence-electron chi connectivity index (χ2n) is 5.80. The summed E-state index contributed by atoms with van der Waals surface area (Å²) < 4.78 is 5.70.